The molecular formula is C20H28O2. The van der Waals surface area contributed by atoms with E-state index >= 15 is 0 Å². The van der Waals surface area contributed by atoms with Crippen molar-refractivity contribution in [3.8, 4) is 0 Å². The highest BCUT2D eigenvalue weighted by Crippen LogP contribution is 2.39. The summed E-state index contributed by atoms with van der Waals surface area (Å²) >= 11 is 0. The maximum atomic E-state index is 12.4. The maximum absolute atomic E-state index is 12.4. The first-order valence-corrected chi connectivity index (χ1v) is 8.42. The van der Waals surface area contributed by atoms with Crippen LogP contribution in [0, 0.1) is 23.2 Å². The fourth-order valence-electron chi connectivity index (χ4n) is 3.63. The maximum Gasteiger partial charge on any atom is 0.165 e. The molecule has 1 aromatic rings. The van der Waals surface area contributed by atoms with Crippen molar-refractivity contribution in [2.24, 2.45) is 23.2 Å². The Labute approximate surface area is 134 Å². The number of benzene rings is 1. The minimum absolute atomic E-state index is 0.0379. The SMILES string of the molecule is CC(CC1CCC(C(=O)C(C)(C)C)C1)C(=O)c1ccccc1. The quantitative estimate of drug-likeness (QED) is 0.723. The number of hydrogen-bond acceptors (Lipinski definition) is 2. The lowest BCUT2D eigenvalue weighted by Gasteiger charge is -2.22. The Morgan fingerprint density at radius 1 is 1.14 bits per heavy atom. The zero-order valence-electron chi connectivity index (χ0n) is 14.3. The molecule has 22 heavy (non-hydrogen) atoms. The van der Waals surface area contributed by atoms with E-state index in [1.165, 1.54) is 0 Å². The van der Waals surface area contributed by atoms with Gasteiger partial charge < -0.3 is 0 Å². The second-order valence-corrected chi connectivity index (χ2v) is 7.86. The van der Waals surface area contributed by atoms with Crippen LogP contribution in [0.3, 0.4) is 0 Å². The Morgan fingerprint density at radius 2 is 1.77 bits per heavy atom. The third-order valence-electron chi connectivity index (χ3n) is 4.84. The van der Waals surface area contributed by atoms with Gasteiger partial charge in [0.25, 0.3) is 0 Å². The van der Waals surface area contributed by atoms with Gasteiger partial charge in [0.15, 0.2) is 5.78 Å². The number of carbonyl (C=O) groups is 2. The summed E-state index contributed by atoms with van der Waals surface area (Å²) in [6.45, 7) is 8.03. The number of carbonyl (C=O) groups excluding carboxylic acids is 2. The van der Waals surface area contributed by atoms with Crippen LogP contribution in [0.2, 0.25) is 0 Å². The van der Waals surface area contributed by atoms with Crippen LogP contribution in [0.15, 0.2) is 30.3 Å². The molecule has 120 valence electrons. The van der Waals surface area contributed by atoms with Crippen molar-refractivity contribution >= 4 is 11.6 Å². The summed E-state index contributed by atoms with van der Waals surface area (Å²) < 4.78 is 0. The van der Waals surface area contributed by atoms with Gasteiger partial charge in [0.1, 0.15) is 5.78 Å². The normalized spacial score (nSPS) is 23.3. The van der Waals surface area contributed by atoms with Crippen LogP contribution < -0.4 is 0 Å². The highest BCUT2D eigenvalue weighted by Gasteiger charge is 2.36. The Kier molecular flexibility index (Phi) is 5.20. The van der Waals surface area contributed by atoms with Crippen LogP contribution in [-0.4, -0.2) is 11.6 Å². The van der Waals surface area contributed by atoms with Gasteiger partial charge in [-0.15, -0.1) is 0 Å². The average molecular weight is 300 g/mol. The lowest BCUT2D eigenvalue weighted by atomic mass is 9.81. The summed E-state index contributed by atoms with van der Waals surface area (Å²) in [5, 5.41) is 0. The van der Waals surface area contributed by atoms with E-state index in [0.29, 0.717) is 11.7 Å². The predicted molar refractivity (Wildman–Crippen MR) is 89.8 cm³/mol. The highest BCUT2D eigenvalue weighted by molar-refractivity contribution is 5.97. The molecule has 1 fully saturated rings. The molecule has 0 N–H and O–H groups in total. The standard InChI is InChI=1S/C20H28O2/c1-14(18(21)16-8-6-5-7-9-16)12-15-10-11-17(13-15)19(22)20(2,3)4/h5-9,14-15,17H,10-13H2,1-4H3. The first-order chi connectivity index (χ1) is 10.3. The van der Waals surface area contributed by atoms with Crippen LogP contribution in [0.25, 0.3) is 0 Å². The van der Waals surface area contributed by atoms with Crippen molar-refractivity contribution in [1.29, 1.82) is 0 Å². The minimum Gasteiger partial charge on any atom is -0.299 e. The molecule has 3 unspecified atom stereocenters. The third-order valence-corrected chi connectivity index (χ3v) is 4.84. The lowest BCUT2D eigenvalue weighted by molar-refractivity contribution is -0.130. The van der Waals surface area contributed by atoms with E-state index in [1.54, 1.807) is 0 Å². The van der Waals surface area contributed by atoms with E-state index in [9.17, 15) is 9.59 Å². The van der Waals surface area contributed by atoms with Gasteiger partial charge in [0, 0.05) is 22.8 Å². The zero-order chi connectivity index (χ0) is 16.3. The number of hydrogen-bond donors (Lipinski definition) is 0. The monoisotopic (exact) mass is 300 g/mol. The van der Waals surface area contributed by atoms with Crippen molar-refractivity contribution < 1.29 is 9.59 Å². The van der Waals surface area contributed by atoms with Gasteiger partial charge in [-0.05, 0) is 31.6 Å². The van der Waals surface area contributed by atoms with Gasteiger partial charge in [-0.3, -0.25) is 9.59 Å². The van der Waals surface area contributed by atoms with E-state index < -0.39 is 0 Å². The van der Waals surface area contributed by atoms with Crippen LogP contribution in [0.5, 0.6) is 0 Å². The zero-order valence-corrected chi connectivity index (χ0v) is 14.3. The smallest absolute Gasteiger partial charge is 0.165 e. The number of ketones is 2. The van der Waals surface area contributed by atoms with E-state index in [-0.39, 0.29) is 23.0 Å². The second kappa shape index (κ2) is 6.76. The molecule has 0 bridgehead atoms. The highest BCUT2D eigenvalue weighted by atomic mass is 16.1. The summed E-state index contributed by atoms with van der Waals surface area (Å²) in [6.07, 6.45) is 3.94. The summed E-state index contributed by atoms with van der Waals surface area (Å²) in [4.78, 5) is 24.8. The fraction of sp³-hybridized carbons (Fsp3) is 0.600. The fourth-order valence-corrected chi connectivity index (χ4v) is 3.63. The molecule has 1 saturated carbocycles. The van der Waals surface area contributed by atoms with Crippen molar-refractivity contribution in [3.05, 3.63) is 35.9 Å². The average Bonchev–Trinajstić information content (AvgIpc) is 2.93. The van der Waals surface area contributed by atoms with E-state index in [2.05, 4.69) is 0 Å². The molecule has 0 aromatic heterocycles. The van der Waals surface area contributed by atoms with Crippen LogP contribution in [-0.2, 0) is 4.79 Å². The first kappa shape index (κ1) is 16.9. The van der Waals surface area contributed by atoms with E-state index in [0.717, 1.165) is 31.2 Å². The molecule has 1 aliphatic carbocycles. The molecule has 2 nitrogen and oxygen atoms in total. The Morgan fingerprint density at radius 3 is 2.36 bits per heavy atom. The molecule has 1 aromatic carbocycles. The van der Waals surface area contributed by atoms with Crippen LogP contribution in [0.1, 0.15) is 63.7 Å². The van der Waals surface area contributed by atoms with Crippen molar-refractivity contribution in [2.75, 3.05) is 0 Å². The summed E-state index contributed by atoms with van der Waals surface area (Å²) in [7, 11) is 0. The van der Waals surface area contributed by atoms with Crippen LogP contribution in [0.4, 0.5) is 0 Å². The summed E-state index contributed by atoms with van der Waals surface area (Å²) in [5.74, 6) is 1.36. The summed E-state index contributed by atoms with van der Waals surface area (Å²) in [6, 6.07) is 9.53. The topological polar surface area (TPSA) is 34.1 Å². The molecule has 0 aliphatic heterocycles. The Bertz CT molecular complexity index is 524. The first-order valence-electron chi connectivity index (χ1n) is 8.42. The predicted octanol–water partition coefficient (Wildman–Crippen LogP) is 4.93. The minimum atomic E-state index is -0.245. The van der Waals surface area contributed by atoms with Crippen molar-refractivity contribution in [2.45, 2.75) is 53.4 Å². The number of Topliss-reactive ketones (excluding diaryl/α,β-unsaturated/α-hetero) is 2. The Balaban J connectivity index is 1.90. The van der Waals surface area contributed by atoms with Crippen molar-refractivity contribution in [3.63, 3.8) is 0 Å². The molecule has 3 atom stereocenters. The molecule has 0 amide bonds. The van der Waals surface area contributed by atoms with Gasteiger partial charge in [0.2, 0.25) is 0 Å². The largest absolute Gasteiger partial charge is 0.299 e. The molecule has 0 radical (unpaired) electrons. The molecule has 0 spiro atoms. The van der Waals surface area contributed by atoms with Crippen LogP contribution >= 0.6 is 0 Å². The molecule has 2 heteroatoms. The molecule has 0 heterocycles. The van der Waals surface area contributed by atoms with E-state index in [4.69, 9.17) is 0 Å². The van der Waals surface area contributed by atoms with Gasteiger partial charge in [-0.1, -0.05) is 58.0 Å². The Hall–Kier alpha value is -1.44. The third kappa shape index (κ3) is 4.06. The van der Waals surface area contributed by atoms with Gasteiger partial charge in [-0.2, -0.15) is 0 Å². The molecule has 1 aliphatic rings. The van der Waals surface area contributed by atoms with Gasteiger partial charge in [-0.25, -0.2) is 0 Å². The molecular weight excluding hydrogens is 272 g/mol. The van der Waals surface area contributed by atoms with Crippen molar-refractivity contribution in [1.82, 2.24) is 0 Å². The number of rotatable bonds is 5. The second-order valence-electron chi connectivity index (χ2n) is 7.86. The van der Waals surface area contributed by atoms with Gasteiger partial charge in [0.05, 0.1) is 0 Å². The lowest BCUT2D eigenvalue weighted by Crippen LogP contribution is -2.27. The van der Waals surface area contributed by atoms with E-state index in [1.807, 2.05) is 58.0 Å². The molecule has 0 saturated heterocycles. The van der Waals surface area contributed by atoms with Gasteiger partial charge >= 0.3 is 0 Å². The molecule has 2 rings (SSSR count). The summed E-state index contributed by atoms with van der Waals surface area (Å²) in [5.41, 5.74) is 0.556.